The Kier molecular flexibility index (Phi) is 3.18. The van der Waals surface area contributed by atoms with E-state index in [1.54, 1.807) is 24.3 Å². The molecule has 0 radical (unpaired) electrons. The van der Waals surface area contributed by atoms with Gasteiger partial charge in [0.05, 0.1) is 11.6 Å². The van der Waals surface area contributed by atoms with Gasteiger partial charge in [-0.1, -0.05) is 24.3 Å². The van der Waals surface area contributed by atoms with Crippen LogP contribution in [-0.4, -0.2) is 11.1 Å². The maximum atomic E-state index is 13.6. The lowest BCUT2D eigenvalue weighted by Gasteiger charge is -2.37. The Morgan fingerprint density at radius 1 is 1.17 bits per heavy atom. The number of allylic oxidation sites excluding steroid dienone is 2. The first-order valence-corrected chi connectivity index (χ1v) is 7.69. The van der Waals surface area contributed by atoms with E-state index < -0.39 is 5.97 Å². The van der Waals surface area contributed by atoms with Crippen molar-refractivity contribution in [1.82, 2.24) is 0 Å². The molecular weight excluding hydrogens is 293 g/mol. The van der Waals surface area contributed by atoms with Crippen LogP contribution in [-0.2, 0) is 0 Å². The van der Waals surface area contributed by atoms with Crippen LogP contribution in [0, 0.1) is 11.7 Å². The Morgan fingerprint density at radius 3 is 2.70 bits per heavy atom. The fourth-order valence-corrected chi connectivity index (χ4v) is 3.73. The molecule has 0 bridgehead atoms. The highest BCUT2D eigenvalue weighted by Gasteiger charge is 2.37. The van der Waals surface area contributed by atoms with Gasteiger partial charge in [-0.15, -0.1) is 0 Å². The molecule has 2 aliphatic rings. The van der Waals surface area contributed by atoms with Crippen LogP contribution in [0.25, 0.3) is 0 Å². The van der Waals surface area contributed by atoms with Gasteiger partial charge in [0.1, 0.15) is 5.82 Å². The summed E-state index contributed by atoms with van der Waals surface area (Å²) in [5.41, 5.74) is 3.30. The van der Waals surface area contributed by atoms with Crippen LogP contribution in [0.4, 0.5) is 10.1 Å². The van der Waals surface area contributed by atoms with Gasteiger partial charge in [0.15, 0.2) is 0 Å². The minimum absolute atomic E-state index is 0.0933. The number of aromatic carboxylic acids is 1. The van der Waals surface area contributed by atoms with Crippen LogP contribution < -0.4 is 5.32 Å². The zero-order valence-corrected chi connectivity index (χ0v) is 12.4. The molecule has 0 aromatic heterocycles. The van der Waals surface area contributed by atoms with Crippen LogP contribution in [0.5, 0.6) is 0 Å². The number of fused-ring (bicyclic) bond motifs is 3. The third-order valence-electron chi connectivity index (χ3n) is 4.84. The molecule has 1 aliphatic heterocycles. The van der Waals surface area contributed by atoms with Crippen molar-refractivity contribution < 1.29 is 14.3 Å². The summed E-state index contributed by atoms with van der Waals surface area (Å²) in [6.45, 7) is 0. The molecule has 3 nitrogen and oxygen atoms in total. The molecule has 3 atom stereocenters. The van der Waals surface area contributed by atoms with E-state index in [0.29, 0.717) is 5.92 Å². The van der Waals surface area contributed by atoms with Crippen LogP contribution in [0.1, 0.15) is 39.9 Å². The lowest BCUT2D eigenvalue weighted by atomic mass is 9.77. The smallest absolute Gasteiger partial charge is 0.335 e. The van der Waals surface area contributed by atoms with Gasteiger partial charge in [-0.2, -0.15) is 0 Å². The van der Waals surface area contributed by atoms with Gasteiger partial charge in [-0.05, 0) is 53.8 Å². The first-order chi connectivity index (χ1) is 11.1. The molecular formula is C19H16FNO2. The summed E-state index contributed by atoms with van der Waals surface area (Å²) in [6.07, 6.45) is 5.23. The molecule has 0 unspecified atom stereocenters. The third-order valence-corrected chi connectivity index (χ3v) is 4.84. The van der Waals surface area contributed by atoms with Crippen molar-refractivity contribution >= 4 is 11.7 Å². The number of benzene rings is 2. The van der Waals surface area contributed by atoms with Crippen molar-refractivity contribution in [3.63, 3.8) is 0 Å². The zero-order chi connectivity index (χ0) is 16.0. The van der Waals surface area contributed by atoms with Gasteiger partial charge < -0.3 is 10.4 Å². The number of hydrogen-bond acceptors (Lipinski definition) is 2. The topological polar surface area (TPSA) is 49.3 Å². The number of nitrogens with one attached hydrogen (secondary N) is 1. The molecule has 116 valence electrons. The number of hydrogen-bond donors (Lipinski definition) is 2. The Labute approximate surface area is 133 Å². The van der Waals surface area contributed by atoms with Gasteiger partial charge in [0.2, 0.25) is 0 Å². The van der Waals surface area contributed by atoms with Gasteiger partial charge in [0, 0.05) is 11.6 Å². The molecule has 1 aliphatic carbocycles. The molecule has 4 heteroatoms. The van der Waals surface area contributed by atoms with Crippen LogP contribution in [0.2, 0.25) is 0 Å². The molecule has 4 rings (SSSR count). The highest BCUT2D eigenvalue weighted by atomic mass is 19.1. The largest absolute Gasteiger partial charge is 0.478 e. The Balaban J connectivity index is 1.73. The minimum atomic E-state index is -0.922. The number of carboxylic acid groups (broad SMARTS) is 1. The van der Waals surface area contributed by atoms with E-state index >= 15 is 0 Å². The maximum Gasteiger partial charge on any atom is 0.335 e. The fourth-order valence-electron chi connectivity index (χ4n) is 3.73. The fraction of sp³-hybridized carbons (Fsp3) is 0.211. The van der Waals surface area contributed by atoms with Crippen LogP contribution >= 0.6 is 0 Å². The molecule has 0 amide bonds. The van der Waals surface area contributed by atoms with Crippen molar-refractivity contribution in [2.24, 2.45) is 5.92 Å². The monoisotopic (exact) mass is 309 g/mol. The summed E-state index contributed by atoms with van der Waals surface area (Å²) < 4.78 is 13.6. The van der Waals surface area contributed by atoms with Crippen molar-refractivity contribution in [2.75, 3.05) is 5.32 Å². The predicted octanol–water partition coefficient (Wildman–Crippen LogP) is 4.35. The summed E-state index contributed by atoms with van der Waals surface area (Å²) in [5, 5.41) is 12.5. The second-order valence-electron chi connectivity index (χ2n) is 6.13. The maximum absolute atomic E-state index is 13.6. The number of rotatable bonds is 2. The quantitative estimate of drug-likeness (QED) is 0.811. The zero-order valence-electron chi connectivity index (χ0n) is 12.4. The molecule has 0 saturated carbocycles. The molecule has 0 spiro atoms. The second-order valence-corrected chi connectivity index (χ2v) is 6.13. The number of halogens is 1. The van der Waals surface area contributed by atoms with Crippen LogP contribution in [0.15, 0.2) is 54.6 Å². The highest BCUT2D eigenvalue weighted by Crippen LogP contribution is 2.49. The lowest BCUT2D eigenvalue weighted by Crippen LogP contribution is -2.29. The summed E-state index contributed by atoms with van der Waals surface area (Å²) in [7, 11) is 0. The van der Waals surface area contributed by atoms with E-state index in [0.717, 1.165) is 23.2 Å². The Morgan fingerprint density at radius 2 is 1.96 bits per heavy atom. The first-order valence-electron chi connectivity index (χ1n) is 7.69. The van der Waals surface area contributed by atoms with E-state index in [1.165, 1.54) is 6.07 Å². The lowest BCUT2D eigenvalue weighted by molar-refractivity contribution is 0.0697. The summed E-state index contributed by atoms with van der Waals surface area (Å²) in [6, 6.07) is 12.0. The van der Waals surface area contributed by atoms with Crippen LogP contribution in [0.3, 0.4) is 0 Å². The Bertz CT molecular complexity index is 798. The average molecular weight is 309 g/mol. The number of anilines is 1. The van der Waals surface area contributed by atoms with Gasteiger partial charge in [0.25, 0.3) is 0 Å². The van der Waals surface area contributed by atoms with Crippen molar-refractivity contribution in [1.29, 1.82) is 0 Å². The van der Waals surface area contributed by atoms with Crippen molar-refractivity contribution in [3.8, 4) is 0 Å². The minimum Gasteiger partial charge on any atom is -0.478 e. The van der Waals surface area contributed by atoms with Crippen molar-refractivity contribution in [2.45, 2.75) is 18.4 Å². The van der Waals surface area contributed by atoms with E-state index in [-0.39, 0.29) is 23.3 Å². The van der Waals surface area contributed by atoms with Gasteiger partial charge >= 0.3 is 5.97 Å². The molecule has 23 heavy (non-hydrogen) atoms. The Hall–Kier alpha value is -2.62. The third kappa shape index (κ3) is 2.31. The molecule has 2 aromatic carbocycles. The molecule has 2 N–H and O–H groups in total. The molecule has 0 saturated heterocycles. The van der Waals surface area contributed by atoms with E-state index in [2.05, 4.69) is 17.5 Å². The van der Waals surface area contributed by atoms with Gasteiger partial charge in [-0.25, -0.2) is 9.18 Å². The molecule has 2 aromatic rings. The first kappa shape index (κ1) is 14.0. The molecule has 0 fully saturated rings. The average Bonchev–Trinajstić information content (AvgIpc) is 3.04. The second kappa shape index (κ2) is 5.23. The highest BCUT2D eigenvalue weighted by molar-refractivity contribution is 5.87. The van der Waals surface area contributed by atoms with Gasteiger partial charge in [-0.3, -0.25) is 0 Å². The van der Waals surface area contributed by atoms with E-state index in [1.807, 2.05) is 12.1 Å². The van der Waals surface area contributed by atoms with E-state index in [4.69, 9.17) is 5.11 Å². The predicted molar refractivity (Wildman–Crippen MR) is 86.2 cm³/mol. The summed E-state index contributed by atoms with van der Waals surface area (Å²) >= 11 is 0. The molecule has 1 heterocycles. The van der Waals surface area contributed by atoms with E-state index in [9.17, 15) is 9.18 Å². The summed E-state index contributed by atoms with van der Waals surface area (Å²) in [5.74, 6) is -0.616. The standard InChI is InChI=1S/C19H16FNO2/c20-13-8-9-17-16(10-13)14-2-1-3-15(14)18(21-17)11-4-6-12(7-5-11)19(22)23/h1-2,4-10,14-15,18,21H,3H2,(H,22,23)/t14-,15+,18+/m0/s1. The summed E-state index contributed by atoms with van der Waals surface area (Å²) in [4.78, 5) is 11.0. The number of carbonyl (C=O) groups is 1. The number of carboxylic acids is 1. The SMILES string of the molecule is O=C(O)c1ccc([C@H]2Nc3ccc(F)cc3[C@H]3C=CC[C@H]32)cc1. The van der Waals surface area contributed by atoms with Crippen molar-refractivity contribution in [3.05, 3.63) is 77.1 Å². The normalized spacial score (nSPS) is 24.7.